The van der Waals surface area contributed by atoms with Gasteiger partial charge in [-0.15, -0.1) is 6.42 Å². The molecule has 19 heavy (non-hydrogen) atoms. The first-order chi connectivity index (χ1) is 9.15. The zero-order chi connectivity index (χ0) is 13.9. The maximum absolute atomic E-state index is 11.5. The highest BCUT2D eigenvalue weighted by atomic mass is 16.5. The highest BCUT2D eigenvalue weighted by molar-refractivity contribution is 5.68. The summed E-state index contributed by atoms with van der Waals surface area (Å²) in [6.45, 7) is 0.159. The molecule has 0 bridgehead atoms. The van der Waals surface area contributed by atoms with E-state index in [4.69, 9.17) is 11.2 Å². The number of nitrogens with one attached hydrogen (secondary N) is 1. The summed E-state index contributed by atoms with van der Waals surface area (Å²) in [6, 6.07) is 0. The zero-order valence-electron chi connectivity index (χ0n) is 10.5. The number of terminal acetylenes is 1. The number of H-pyrrole nitrogens is 1. The van der Waals surface area contributed by atoms with Gasteiger partial charge in [-0.1, -0.05) is 5.92 Å². The molecule has 2 rings (SSSR count). The molecule has 2 heterocycles. The molecule has 0 spiro atoms. The number of nitrogens with zero attached hydrogens (tertiary/aromatic N) is 3. The smallest absolute Gasteiger partial charge is 0.278 e. The highest BCUT2D eigenvalue weighted by Gasteiger charge is 2.26. The number of aromatic amines is 1. The third kappa shape index (κ3) is 2.36. The van der Waals surface area contributed by atoms with Crippen LogP contribution in [0.2, 0.25) is 0 Å². The van der Waals surface area contributed by atoms with Crippen LogP contribution in [0.15, 0.2) is 17.4 Å². The molecule has 2 aromatic rings. The number of methoxy groups -OCH3 is 1. The van der Waals surface area contributed by atoms with E-state index < -0.39 is 5.60 Å². The van der Waals surface area contributed by atoms with Crippen LogP contribution in [0.1, 0.15) is 6.42 Å². The molecule has 0 aromatic carbocycles. The van der Waals surface area contributed by atoms with Crippen molar-refractivity contribution in [1.82, 2.24) is 19.5 Å². The van der Waals surface area contributed by atoms with Crippen molar-refractivity contribution >= 4 is 11.2 Å². The van der Waals surface area contributed by atoms with Crippen molar-refractivity contribution in [3.63, 3.8) is 0 Å². The van der Waals surface area contributed by atoms with Crippen LogP contribution in [0.4, 0.5) is 0 Å². The number of fused-ring (bicyclic) bond motifs is 1. The minimum absolute atomic E-state index is 0.273. The number of aliphatic hydroxyl groups is 1. The van der Waals surface area contributed by atoms with Crippen LogP contribution in [0.25, 0.3) is 11.2 Å². The summed E-state index contributed by atoms with van der Waals surface area (Å²) < 4.78 is 6.86. The Hall–Kier alpha value is -2.17. The van der Waals surface area contributed by atoms with Gasteiger partial charge in [0.05, 0.1) is 19.3 Å². The summed E-state index contributed by atoms with van der Waals surface area (Å²) in [7, 11) is 1.45. The fourth-order valence-electron chi connectivity index (χ4n) is 1.78. The maximum atomic E-state index is 11.5. The molecule has 0 saturated carbocycles. The van der Waals surface area contributed by atoms with Gasteiger partial charge in [-0.05, 0) is 0 Å². The summed E-state index contributed by atoms with van der Waals surface area (Å²) in [5.41, 5.74) is -0.572. The summed E-state index contributed by atoms with van der Waals surface area (Å²) in [4.78, 5) is 22.0. The molecular weight excluding hydrogens is 248 g/mol. The second-order valence-electron chi connectivity index (χ2n) is 4.09. The quantitative estimate of drug-likeness (QED) is 0.710. The first-order valence-corrected chi connectivity index (χ1v) is 5.68. The van der Waals surface area contributed by atoms with Crippen LogP contribution in [0.3, 0.4) is 0 Å². The molecule has 7 heteroatoms. The van der Waals surface area contributed by atoms with Crippen molar-refractivity contribution in [2.24, 2.45) is 0 Å². The van der Waals surface area contributed by atoms with Crippen molar-refractivity contribution < 1.29 is 9.84 Å². The van der Waals surface area contributed by atoms with Crippen molar-refractivity contribution in [3.8, 4) is 12.3 Å². The van der Waals surface area contributed by atoms with Crippen LogP contribution in [-0.4, -0.2) is 43.9 Å². The topological polar surface area (TPSA) is 93.0 Å². The van der Waals surface area contributed by atoms with E-state index in [9.17, 15) is 9.90 Å². The minimum atomic E-state index is -1.03. The fourth-order valence-corrected chi connectivity index (χ4v) is 1.78. The number of rotatable bonds is 5. The lowest BCUT2D eigenvalue weighted by Crippen LogP contribution is -2.35. The zero-order valence-corrected chi connectivity index (χ0v) is 10.5. The lowest BCUT2D eigenvalue weighted by molar-refractivity contribution is -0.0147. The lowest BCUT2D eigenvalue weighted by Gasteiger charge is -2.24. The Morgan fingerprint density at radius 1 is 1.63 bits per heavy atom. The average Bonchev–Trinajstić information content (AvgIpc) is 2.86. The molecule has 2 N–H and O–H groups in total. The Morgan fingerprint density at radius 3 is 3.05 bits per heavy atom. The Balaban J connectivity index is 2.26. The third-order valence-corrected chi connectivity index (χ3v) is 3.07. The highest BCUT2D eigenvalue weighted by Crippen LogP contribution is 2.16. The van der Waals surface area contributed by atoms with Gasteiger partial charge >= 0.3 is 0 Å². The van der Waals surface area contributed by atoms with Crippen LogP contribution in [0, 0.1) is 12.3 Å². The Bertz CT molecular complexity index is 663. The van der Waals surface area contributed by atoms with Gasteiger partial charge in [-0.2, -0.15) is 0 Å². The van der Waals surface area contributed by atoms with E-state index in [2.05, 4.69) is 20.9 Å². The summed E-state index contributed by atoms with van der Waals surface area (Å²) in [5.74, 6) is 2.44. The normalized spacial score (nSPS) is 14.2. The number of ether oxygens (including phenoxy) is 1. The van der Waals surface area contributed by atoms with E-state index in [1.165, 1.54) is 19.8 Å². The number of aliphatic hydroxyl groups excluding tert-OH is 1. The number of aromatic nitrogens is 4. The predicted molar refractivity (Wildman–Crippen MR) is 68.4 cm³/mol. The Labute approximate surface area is 109 Å². The first kappa shape index (κ1) is 13.3. The molecule has 0 amide bonds. The van der Waals surface area contributed by atoms with Crippen LogP contribution in [0.5, 0.6) is 0 Å². The molecule has 0 fully saturated rings. The molecule has 0 saturated heterocycles. The SMILES string of the molecule is C#CC(CO)(CCn1cnc2c(=O)[nH]cnc21)OC. The second-order valence-corrected chi connectivity index (χ2v) is 4.09. The van der Waals surface area contributed by atoms with Crippen LogP contribution >= 0.6 is 0 Å². The standard InChI is InChI=1S/C12H14N4O3/c1-3-12(6-17,19-2)4-5-16-8-15-9-10(16)13-7-14-11(9)18/h1,7-8,17H,4-6H2,2H3,(H,13,14,18). The monoisotopic (exact) mass is 262 g/mol. The van der Waals surface area contributed by atoms with E-state index in [0.29, 0.717) is 18.6 Å². The van der Waals surface area contributed by atoms with Crippen molar-refractivity contribution in [1.29, 1.82) is 0 Å². The van der Waals surface area contributed by atoms with Crippen molar-refractivity contribution in [3.05, 3.63) is 23.0 Å². The van der Waals surface area contributed by atoms with E-state index >= 15 is 0 Å². The minimum Gasteiger partial charge on any atom is -0.392 e. The molecule has 0 aliphatic heterocycles. The van der Waals surface area contributed by atoms with E-state index in [-0.39, 0.29) is 17.7 Å². The number of hydrogen-bond acceptors (Lipinski definition) is 5. The van der Waals surface area contributed by atoms with Gasteiger partial charge in [0.2, 0.25) is 0 Å². The van der Waals surface area contributed by atoms with Crippen molar-refractivity contribution in [2.45, 2.75) is 18.6 Å². The lowest BCUT2D eigenvalue weighted by atomic mass is 10.0. The van der Waals surface area contributed by atoms with Gasteiger partial charge in [0.1, 0.15) is 0 Å². The van der Waals surface area contributed by atoms with Gasteiger partial charge in [-0.25, -0.2) is 9.97 Å². The Kier molecular flexibility index (Phi) is 3.64. The summed E-state index contributed by atoms with van der Waals surface area (Å²) in [5, 5.41) is 9.30. The van der Waals surface area contributed by atoms with Crippen LogP contribution < -0.4 is 5.56 Å². The molecule has 0 aliphatic rings. The van der Waals surface area contributed by atoms with E-state index in [0.717, 1.165) is 0 Å². The molecule has 1 atom stereocenters. The summed E-state index contributed by atoms with van der Waals surface area (Å²) >= 11 is 0. The van der Waals surface area contributed by atoms with Gasteiger partial charge < -0.3 is 19.4 Å². The molecule has 0 aliphatic carbocycles. The van der Waals surface area contributed by atoms with Gasteiger partial charge in [-0.3, -0.25) is 4.79 Å². The Morgan fingerprint density at radius 2 is 2.42 bits per heavy atom. The van der Waals surface area contributed by atoms with Crippen LogP contribution in [-0.2, 0) is 11.3 Å². The maximum Gasteiger partial charge on any atom is 0.278 e. The number of imidazole rings is 1. The van der Waals surface area contributed by atoms with Gasteiger partial charge in [0.15, 0.2) is 16.8 Å². The average molecular weight is 262 g/mol. The molecule has 1 unspecified atom stereocenters. The largest absolute Gasteiger partial charge is 0.392 e. The van der Waals surface area contributed by atoms with E-state index in [1.807, 2.05) is 0 Å². The second kappa shape index (κ2) is 5.22. The summed E-state index contributed by atoms with van der Waals surface area (Å²) in [6.07, 6.45) is 8.59. The third-order valence-electron chi connectivity index (χ3n) is 3.07. The predicted octanol–water partition coefficient (Wildman–Crippen LogP) is -0.480. The fraction of sp³-hybridized carbons (Fsp3) is 0.417. The molecule has 100 valence electrons. The molecular formula is C12H14N4O3. The molecule has 0 radical (unpaired) electrons. The number of hydrogen-bond donors (Lipinski definition) is 2. The molecule has 2 aromatic heterocycles. The first-order valence-electron chi connectivity index (χ1n) is 5.68. The van der Waals surface area contributed by atoms with Gasteiger partial charge in [0.25, 0.3) is 5.56 Å². The molecule has 7 nitrogen and oxygen atoms in total. The van der Waals surface area contributed by atoms with Gasteiger partial charge in [0, 0.05) is 20.1 Å². The van der Waals surface area contributed by atoms with E-state index in [1.54, 1.807) is 4.57 Å². The number of aryl methyl sites for hydroxylation is 1. The van der Waals surface area contributed by atoms with Crippen molar-refractivity contribution in [2.75, 3.05) is 13.7 Å².